The first-order valence-electron chi connectivity index (χ1n) is 11.0. The molecule has 0 spiro atoms. The quantitative estimate of drug-likeness (QED) is 0.223. The number of aromatic hydroxyl groups is 2. The molecule has 5 rings (SSSR count). The number of carbonyl (C=O) groups excluding carboxylic acids is 1. The van der Waals surface area contributed by atoms with Gasteiger partial charge in [0.2, 0.25) is 0 Å². The first-order chi connectivity index (χ1) is 17.0. The fraction of sp³-hybridized carbons (Fsp3) is 0.0769. The Labute approximate surface area is 200 Å². The Morgan fingerprint density at radius 2 is 1.69 bits per heavy atom. The average Bonchev–Trinajstić information content (AvgIpc) is 3.14. The van der Waals surface area contributed by atoms with Gasteiger partial charge in [0.25, 0.3) is 5.91 Å². The van der Waals surface area contributed by atoms with Gasteiger partial charge in [-0.15, -0.1) is 0 Å². The lowest BCUT2D eigenvalue weighted by atomic mass is 10.1. The number of para-hydroxylation sites is 2. The standard InChI is InChI=1S/C26H22N6O3/c27-24-22(26(35)28-13-12-16-6-2-1-3-7-16)23-25(31-19-9-5-4-8-18(19)30-23)32(24)29-15-17-10-11-20(33)21(34)14-17/h1-11,14-15,33-34H,12-13,27H2,(H,28,35). The number of nitrogens with one attached hydrogen (secondary N) is 1. The topological polar surface area (TPSA) is 139 Å². The van der Waals surface area contributed by atoms with Crippen LogP contribution in [0.4, 0.5) is 5.82 Å². The molecule has 0 saturated carbocycles. The van der Waals surface area contributed by atoms with Gasteiger partial charge >= 0.3 is 0 Å². The maximum Gasteiger partial charge on any atom is 0.257 e. The second-order valence-electron chi connectivity index (χ2n) is 7.94. The highest BCUT2D eigenvalue weighted by atomic mass is 16.3. The van der Waals surface area contributed by atoms with E-state index in [4.69, 9.17) is 5.73 Å². The third kappa shape index (κ3) is 4.34. The first-order valence-corrected chi connectivity index (χ1v) is 11.0. The van der Waals surface area contributed by atoms with Crippen molar-refractivity contribution in [1.82, 2.24) is 20.0 Å². The lowest BCUT2D eigenvalue weighted by Gasteiger charge is -2.06. The zero-order chi connectivity index (χ0) is 24.4. The number of nitrogens with zero attached hydrogens (tertiary/aromatic N) is 4. The minimum Gasteiger partial charge on any atom is -0.504 e. The van der Waals surface area contributed by atoms with E-state index in [-0.39, 0.29) is 28.8 Å². The fourth-order valence-corrected chi connectivity index (χ4v) is 3.79. The van der Waals surface area contributed by atoms with Gasteiger partial charge in [-0.05, 0) is 47.9 Å². The number of nitrogen functional groups attached to an aromatic ring is 1. The van der Waals surface area contributed by atoms with E-state index in [9.17, 15) is 15.0 Å². The molecule has 5 aromatic rings. The summed E-state index contributed by atoms with van der Waals surface area (Å²) >= 11 is 0. The van der Waals surface area contributed by atoms with E-state index in [1.165, 1.54) is 23.0 Å². The number of nitrogens with two attached hydrogens (primary N) is 1. The minimum absolute atomic E-state index is 0.0896. The van der Waals surface area contributed by atoms with Gasteiger partial charge in [0, 0.05) is 6.54 Å². The lowest BCUT2D eigenvalue weighted by molar-refractivity contribution is 0.0956. The van der Waals surface area contributed by atoms with Gasteiger partial charge in [0.05, 0.1) is 17.2 Å². The Balaban J connectivity index is 1.54. The summed E-state index contributed by atoms with van der Waals surface area (Å²) < 4.78 is 1.35. The van der Waals surface area contributed by atoms with Crippen LogP contribution < -0.4 is 11.1 Å². The average molecular weight is 467 g/mol. The van der Waals surface area contributed by atoms with Crippen LogP contribution in [-0.2, 0) is 6.42 Å². The van der Waals surface area contributed by atoms with Gasteiger partial charge in [-0.3, -0.25) is 4.79 Å². The number of aromatic nitrogens is 3. The first kappa shape index (κ1) is 21.9. The van der Waals surface area contributed by atoms with Crippen LogP contribution in [0.1, 0.15) is 21.5 Å². The fourth-order valence-electron chi connectivity index (χ4n) is 3.79. The van der Waals surface area contributed by atoms with Gasteiger partial charge in [-0.2, -0.15) is 9.78 Å². The third-order valence-electron chi connectivity index (χ3n) is 5.56. The second-order valence-corrected chi connectivity index (χ2v) is 7.94. The highest BCUT2D eigenvalue weighted by molar-refractivity contribution is 6.10. The predicted octanol–water partition coefficient (Wildman–Crippen LogP) is 3.43. The molecule has 0 saturated heterocycles. The largest absolute Gasteiger partial charge is 0.504 e. The SMILES string of the molecule is Nc1c(C(=O)NCCc2ccccc2)c2nc3ccccc3nc2n1N=Cc1ccc(O)c(O)c1. The van der Waals surface area contributed by atoms with Crippen LogP contribution in [0.25, 0.3) is 22.2 Å². The normalized spacial score (nSPS) is 11.4. The number of benzene rings is 3. The molecule has 0 aliphatic rings. The smallest absolute Gasteiger partial charge is 0.257 e. The molecule has 2 aromatic heterocycles. The van der Waals surface area contributed by atoms with E-state index < -0.39 is 0 Å². The maximum absolute atomic E-state index is 13.2. The van der Waals surface area contributed by atoms with Crippen LogP contribution in [0.2, 0.25) is 0 Å². The van der Waals surface area contributed by atoms with Crippen LogP contribution in [0, 0.1) is 0 Å². The van der Waals surface area contributed by atoms with E-state index in [0.29, 0.717) is 40.7 Å². The number of phenolic OH excluding ortho intramolecular Hbond substituents is 2. The van der Waals surface area contributed by atoms with Crippen molar-refractivity contribution in [2.75, 3.05) is 12.3 Å². The van der Waals surface area contributed by atoms with E-state index >= 15 is 0 Å². The summed E-state index contributed by atoms with van der Waals surface area (Å²) in [5, 5.41) is 26.6. The van der Waals surface area contributed by atoms with E-state index in [1.807, 2.05) is 54.6 Å². The van der Waals surface area contributed by atoms with Gasteiger partial charge < -0.3 is 21.3 Å². The summed E-state index contributed by atoms with van der Waals surface area (Å²) in [5.74, 6) is -0.792. The molecule has 2 heterocycles. The Kier molecular flexibility index (Phi) is 5.72. The van der Waals surface area contributed by atoms with E-state index in [2.05, 4.69) is 20.4 Å². The highest BCUT2D eigenvalue weighted by Crippen LogP contribution is 2.28. The second kappa shape index (κ2) is 9.14. The minimum atomic E-state index is -0.371. The molecular weight excluding hydrogens is 444 g/mol. The summed E-state index contributed by atoms with van der Waals surface area (Å²) in [6.07, 6.45) is 2.12. The molecule has 3 aromatic carbocycles. The Bertz CT molecular complexity index is 1580. The number of hydrogen-bond donors (Lipinski definition) is 4. The monoisotopic (exact) mass is 466 g/mol. The number of amides is 1. The zero-order valence-electron chi connectivity index (χ0n) is 18.6. The summed E-state index contributed by atoms with van der Waals surface area (Å²) in [4.78, 5) is 22.5. The van der Waals surface area contributed by atoms with Crippen molar-refractivity contribution in [1.29, 1.82) is 0 Å². The number of rotatable bonds is 6. The summed E-state index contributed by atoms with van der Waals surface area (Å²) in [6, 6.07) is 21.5. The van der Waals surface area contributed by atoms with Crippen molar-refractivity contribution in [3.8, 4) is 11.5 Å². The molecule has 0 radical (unpaired) electrons. The Morgan fingerprint density at radius 3 is 2.43 bits per heavy atom. The molecule has 9 nitrogen and oxygen atoms in total. The maximum atomic E-state index is 13.2. The molecule has 35 heavy (non-hydrogen) atoms. The van der Waals surface area contributed by atoms with Crippen molar-refractivity contribution in [2.45, 2.75) is 6.42 Å². The number of phenols is 2. The summed E-state index contributed by atoms with van der Waals surface area (Å²) in [7, 11) is 0. The molecule has 0 fully saturated rings. The Hall–Kier alpha value is -4.92. The molecular formula is C26H22N6O3. The number of carbonyl (C=O) groups is 1. The van der Waals surface area contributed by atoms with Crippen molar-refractivity contribution < 1.29 is 15.0 Å². The number of anilines is 1. The highest BCUT2D eigenvalue weighted by Gasteiger charge is 2.24. The van der Waals surface area contributed by atoms with E-state index in [0.717, 1.165) is 5.56 Å². The van der Waals surface area contributed by atoms with Crippen LogP contribution in [-0.4, -0.2) is 43.5 Å². The Morgan fingerprint density at radius 1 is 0.971 bits per heavy atom. The van der Waals surface area contributed by atoms with Gasteiger partial charge in [-0.1, -0.05) is 42.5 Å². The zero-order valence-corrected chi connectivity index (χ0v) is 18.6. The van der Waals surface area contributed by atoms with Crippen LogP contribution in [0.3, 0.4) is 0 Å². The van der Waals surface area contributed by atoms with Crippen molar-refractivity contribution in [3.05, 3.63) is 89.5 Å². The number of fused-ring (bicyclic) bond motifs is 2. The molecule has 9 heteroatoms. The molecule has 1 amide bonds. The van der Waals surface area contributed by atoms with Gasteiger partial charge in [-0.25, -0.2) is 9.97 Å². The van der Waals surface area contributed by atoms with Crippen molar-refractivity contribution in [3.63, 3.8) is 0 Å². The van der Waals surface area contributed by atoms with Gasteiger partial charge in [0.1, 0.15) is 16.9 Å². The van der Waals surface area contributed by atoms with Gasteiger partial charge in [0.15, 0.2) is 17.1 Å². The lowest BCUT2D eigenvalue weighted by Crippen LogP contribution is -2.26. The number of hydrogen-bond acceptors (Lipinski definition) is 7. The predicted molar refractivity (Wildman–Crippen MR) is 135 cm³/mol. The molecule has 0 bridgehead atoms. The van der Waals surface area contributed by atoms with Crippen LogP contribution >= 0.6 is 0 Å². The molecule has 0 aliphatic carbocycles. The molecule has 0 unspecified atom stereocenters. The molecule has 5 N–H and O–H groups in total. The molecule has 174 valence electrons. The molecule has 0 atom stereocenters. The van der Waals surface area contributed by atoms with Crippen molar-refractivity contribution in [2.24, 2.45) is 5.10 Å². The van der Waals surface area contributed by atoms with Crippen molar-refractivity contribution >= 4 is 40.1 Å². The summed E-state index contributed by atoms with van der Waals surface area (Å²) in [6.45, 7) is 0.423. The van der Waals surface area contributed by atoms with Crippen LogP contribution in [0.5, 0.6) is 11.5 Å². The third-order valence-corrected chi connectivity index (χ3v) is 5.56. The van der Waals surface area contributed by atoms with E-state index in [1.54, 1.807) is 6.07 Å². The summed E-state index contributed by atoms with van der Waals surface area (Å²) in [5.41, 5.74) is 10.1. The van der Waals surface area contributed by atoms with Crippen LogP contribution in [0.15, 0.2) is 77.9 Å². The molecule has 0 aliphatic heterocycles.